The van der Waals surface area contributed by atoms with E-state index < -0.39 is 0 Å². The molecule has 0 radical (unpaired) electrons. The number of para-hydroxylation sites is 1. The number of furan rings is 1. The van der Waals surface area contributed by atoms with E-state index in [0.717, 1.165) is 27.7 Å². The van der Waals surface area contributed by atoms with Gasteiger partial charge in [0.25, 0.3) is 0 Å². The molecule has 0 spiro atoms. The van der Waals surface area contributed by atoms with Crippen molar-refractivity contribution < 1.29 is 4.42 Å². The van der Waals surface area contributed by atoms with Crippen LogP contribution in [0.1, 0.15) is 24.3 Å². The van der Waals surface area contributed by atoms with Gasteiger partial charge < -0.3 is 9.73 Å². The molecule has 1 unspecified atom stereocenters. The molecule has 4 heteroatoms. The van der Waals surface area contributed by atoms with Crippen LogP contribution in [0, 0.1) is 0 Å². The summed E-state index contributed by atoms with van der Waals surface area (Å²) in [5.74, 6) is 0.892. The van der Waals surface area contributed by atoms with E-state index in [0.29, 0.717) is 0 Å². The first-order valence-corrected chi connectivity index (χ1v) is 7.40. The monoisotopic (exact) mass is 330 g/mol. The van der Waals surface area contributed by atoms with Gasteiger partial charge in [0.15, 0.2) is 0 Å². The van der Waals surface area contributed by atoms with Crippen LogP contribution < -0.4 is 5.32 Å². The van der Waals surface area contributed by atoms with E-state index in [-0.39, 0.29) is 6.04 Å². The van der Waals surface area contributed by atoms with Crippen molar-refractivity contribution in [2.75, 3.05) is 6.54 Å². The van der Waals surface area contributed by atoms with E-state index in [1.165, 1.54) is 5.56 Å². The van der Waals surface area contributed by atoms with E-state index in [1.807, 2.05) is 36.5 Å². The lowest BCUT2D eigenvalue weighted by Crippen LogP contribution is -2.22. The molecule has 1 aromatic carbocycles. The zero-order valence-corrected chi connectivity index (χ0v) is 12.7. The Hall–Kier alpha value is -1.65. The van der Waals surface area contributed by atoms with E-state index in [4.69, 9.17) is 4.42 Å². The quantitative estimate of drug-likeness (QED) is 0.775. The number of fused-ring (bicyclic) bond motifs is 1. The highest BCUT2D eigenvalue weighted by Crippen LogP contribution is 2.32. The van der Waals surface area contributed by atoms with Gasteiger partial charge in [0.05, 0.1) is 22.3 Å². The van der Waals surface area contributed by atoms with Crippen molar-refractivity contribution in [3.63, 3.8) is 0 Å². The summed E-state index contributed by atoms with van der Waals surface area (Å²) in [5, 5.41) is 4.63. The van der Waals surface area contributed by atoms with Gasteiger partial charge in [-0.05, 0) is 46.2 Å². The normalized spacial score (nSPS) is 12.7. The minimum atomic E-state index is 0.0114. The number of hydrogen-bond acceptors (Lipinski definition) is 3. The van der Waals surface area contributed by atoms with Crippen LogP contribution in [0.5, 0.6) is 0 Å². The molecule has 0 fully saturated rings. The van der Waals surface area contributed by atoms with Crippen molar-refractivity contribution in [2.45, 2.75) is 13.0 Å². The molecule has 2 aromatic heterocycles. The molecule has 0 aliphatic rings. The first kappa shape index (κ1) is 13.3. The third-order valence-corrected chi connectivity index (χ3v) is 3.96. The van der Waals surface area contributed by atoms with Gasteiger partial charge in [0, 0.05) is 11.6 Å². The highest BCUT2D eigenvalue weighted by Gasteiger charge is 2.21. The van der Waals surface area contributed by atoms with Crippen LogP contribution in [0.2, 0.25) is 0 Å². The predicted molar refractivity (Wildman–Crippen MR) is 83.7 cm³/mol. The molecular formula is C16H15BrN2O. The lowest BCUT2D eigenvalue weighted by molar-refractivity contribution is 0.451. The first-order valence-electron chi connectivity index (χ1n) is 6.61. The topological polar surface area (TPSA) is 38.1 Å². The molecule has 1 atom stereocenters. The van der Waals surface area contributed by atoms with Crippen molar-refractivity contribution in [2.24, 2.45) is 0 Å². The second kappa shape index (κ2) is 5.77. The molecule has 1 N–H and O–H groups in total. The Morgan fingerprint density at radius 3 is 2.85 bits per heavy atom. The standard InChI is InChI=1S/C16H15BrN2O/c1-2-18-15(16-13(17)8-10-20-16)12-7-9-19-14-6-4-3-5-11(12)14/h3-10,15,18H,2H2,1H3. The molecule has 3 aromatic rings. The van der Waals surface area contributed by atoms with Crippen LogP contribution in [-0.4, -0.2) is 11.5 Å². The summed E-state index contributed by atoms with van der Waals surface area (Å²) in [6, 6.07) is 12.1. The van der Waals surface area contributed by atoms with Gasteiger partial charge in [-0.2, -0.15) is 0 Å². The van der Waals surface area contributed by atoms with Crippen LogP contribution in [0.15, 0.2) is 57.7 Å². The highest BCUT2D eigenvalue weighted by atomic mass is 79.9. The summed E-state index contributed by atoms with van der Waals surface area (Å²) in [6.07, 6.45) is 3.55. The lowest BCUT2D eigenvalue weighted by Gasteiger charge is -2.18. The Bertz CT molecular complexity index is 718. The molecule has 3 nitrogen and oxygen atoms in total. The molecule has 0 bridgehead atoms. The summed E-state index contributed by atoms with van der Waals surface area (Å²) >= 11 is 3.55. The van der Waals surface area contributed by atoms with Crippen LogP contribution >= 0.6 is 15.9 Å². The third-order valence-electron chi connectivity index (χ3n) is 3.31. The summed E-state index contributed by atoms with van der Waals surface area (Å²) in [5.41, 5.74) is 2.17. The largest absolute Gasteiger partial charge is 0.466 e. The molecule has 2 heterocycles. The van der Waals surface area contributed by atoms with Gasteiger partial charge in [0.2, 0.25) is 0 Å². The number of rotatable bonds is 4. The molecule has 102 valence electrons. The van der Waals surface area contributed by atoms with Gasteiger partial charge in [0.1, 0.15) is 5.76 Å². The predicted octanol–water partition coefficient (Wildman–Crippen LogP) is 4.29. The molecule has 0 aliphatic heterocycles. The second-order valence-corrected chi connectivity index (χ2v) is 5.40. The van der Waals surface area contributed by atoms with E-state index in [1.54, 1.807) is 6.26 Å². The van der Waals surface area contributed by atoms with Crippen LogP contribution in [0.3, 0.4) is 0 Å². The van der Waals surface area contributed by atoms with Crippen molar-refractivity contribution in [3.05, 3.63) is 64.7 Å². The van der Waals surface area contributed by atoms with Crippen LogP contribution in [0.4, 0.5) is 0 Å². The highest BCUT2D eigenvalue weighted by molar-refractivity contribution is 9.10. The maximum atomic E-state index is 5.65. The summed E-state index contributed by atoms with van der Waals surface area (Å²) in [4.78, 5) is 4.42. The lowest BCUT2D eigenvalue weighted by atomic mass is 10.00. The maximum Gasteiger partial charge on any atom is 0.139 e. The Morgan fingerprint density at radius 2 is 2.10 bits per heavy atom. The number of pyridine rings is 1. The first-order chi connectivity index (χ1) is 9.81. The Balaban J connectivity index is 2.17. The molecule has 0 saturated heterocycles. The molecule has 0 saturated carbocycles. The number of halogens is 1. The smallest absolute Gasteiger partial charge is 0.139 e. The molecule has 0 aliphatic carbocycles. The van der Waals surface area contributed by atoms with Crippen molar-refractivity contribution >= 4 is 26.8 Å². The molecular weight excluding hydrogens is 316 g/mol. The summed E-state index contributed by atoms with van der Waals surface area (Å²) in [7, 11) is 0. The van der Waals surface area contributed by atoms with Gasteiger partial charge in [-0.25, -0.2) is 0 Å². The van der Waals surface area contributed by atoms with Gasteiger partial charge in [-0.1, -0.05) is 25.1 Å². The number of aromatic nitrogens is 1. The average molecular weight is 331 g/mol. The third kappa shape index (κ3) is 2.37. The van der Waals surface area contributed by atoms with Crippen molar-refractivity contribution in [1.82, 2.24) is 10.3 Å². The minimum Gasteiger partial charge on any atom is -0.466 e. The average Bonchev–Trinajstić information content (AvgIpc) is 2.90. The number of nitrogens with one attached hydrogen (secondary N) is 1. The Labute approximate surface area is 126 Å². The fourth-order valence-corrected chi connectivity index (χ4v) is 2.86. The molecule has 3 rings (SSSR count). The minimum absolute atomic E-state index is 0.0114. The van der Waals surface area contributed by atoms with Gasteiger partial charge in [-0.3, -0.25) is 4.98 Å². The fraction of sp³-hybridized carbons (Fsp3) is 0.188. The number of benzene rings is 1. The van der Waals surface area contributed by atoms with Crippen molar-refractivity contribution in [1.29, 1.82) is 0 Å². The van der Waals surface area contributed by atoms with Crippen LogP contribution in [-0.2, 0) is 0 Å². The zero-order valence-electron chi connectivity index (χ0n) is 11.1. The Morgan fingerprint density at radius 1 is 1.25 bits per heavy atom. The maximum absolute atomic E-state index is 5.65. The van der Waals surface area contributed by atoms with Gasteiger partial charge in [-0.15, -0.1) is 0 Å². The van der Waals surface area contributed by atoms with Gasteiger partial charge >= 0.3 is 0 Å². The SMILES string of the molecule is CCNC(c1occc1Br)c1ccnc2ccccc12. The fourth-order valence-electron chi connectivity index (χ4n) is 2.43. The van der Waals surface area contributed by atoms with E-state index in [2.05, 4.69) is 39.2 Å². The van der Waals surface area contributed by atoms with E-state index >= 15 is 0 Å². The Kier molecular flexibility index (Phi) is 3.85. The summed E-state index contributed by atoms with van der Waals surface area (Å²) < 4.78 is 6.63. The number of nitrogens with zero attached hydrogens (tertiary/aromatic N) is 1. The second-order valence-electron chi connectivity index (χ2n) is 4.54. The van der Waals surface area contributed by atoms with Crippen LogP contribution in [0.25, 0.3) is 10.9 Å². The zero-order chi connectivity index (χ0) is 13.9. The summed E-state index contributed by atoms with van der Waals surface area (Å²) in [6.45, 7) is 2.95. The van der Waals surface area contributed by atoms with E-state index in [9.17, 15) is 0 Å². The van der Waals surface area contributed by atoms with Crippen molar-refractivity contribution in [3.8, 4) is 0 Å². The number of hydrogen-bond donors (Lipinski definition) is 1. The molecule has 0 amide bonds. The molecule has 20 heavy (non-hydrogen) atoms.